The molecule has 0 amide bonds. The molecule has 0 N–H and O–H groups in total. The lowest BCUT2D eigenvalue weighted by Gasteiger charge is -2.31. The lowest BCUT2D eigenvalue weighted by molar-refractivity contribution is -0.152. The molecule has 0 heterocycles. The van der Waals surface area contributed by atoms with Crippen LogP contribution in [0.4, 0.5) is 0 Å². The molecule has 1 unspecified atom stereocenters. The summed E-state index contributed by atoms with van der Waals surface area (Å²) in [6, 6.07) is 0. The zero-order valence-corrected chi connectivity index (χ0v) is 14.7. The number of carbonyl (C=O) groups excluding carboxylic acids is 3. The lowest BCUT2D eigenvalue weighted by Crippen LogP contribution is -2.35. The molecular weight excluding hydrogens is 280 g/mol. The van der Waals surface area contributed by atoms with E-state index in [1.807, 2.05) is 0 Å². The van der Waals surface area contributed by atoms with Gasteiger partial charge in [0.2, 0.25) is 0 Å². The van der Waals surface area contributed by atoms with Gasteiger partial charge in [-0.15, -0.1) is 0 Å². The number of Topliss-reactive ketones (excluding diaryl/α,β-unsaturated/α-hetero) is 2. The van der Waals surface area contributed by atoms with E-state index in [9.17, 15) is 14.4 Å². The van der Waals surface area contributed by atoms with Crippen molar-refractivity contribution in [3.8, 4) is 0 Å². The largest absolute Gasteiger partial charge is 0.468 e. The Labute approximate surface area is 134 Å². The van der Waals surface area contributed by atoms with E-state index in [2.05, 4.69) is 32.4 Å². The van der Waals surface area contributed by atoms with Gasteiger partial charge in [-0.2, -0.15) is 0 Å². The van der Waals surface area contributed by atoms with Gasteiger partial charge in [-0.05, 0) is 36.5 Å². The number of methoxy groups -OCH3 is 1. The maximum atomic E-state index is 11.5. The van der Waals surface area contributed by atoms with Gasteiger partial charge in [-0.25, -0.2) is 0 Å². The Kier molecular flexibility index (Phi) is 6.33. The molecule has 126 valence electrons. The molecule has 4 heteroatoms. The van der Waals surface area contributed by atoms with E-state index >= 15 is 0 Å². The van der Waals surface area contributed by atoms with Gasteiger partial charge in [0.1, 0.15) is 17.5 Å². The van der Waals surface area contributed by atoms with Crippen LogP contribution in [0.1, 0.15) is 72.6 Å². The summed E-state index contributed by atoms with van der Waals surface area (Å²) in [5.74, 6) is -0.395. The first-order chi connectivity index (χ1) is 10.1. The van der Waals surface area contributed by atoms with Crippen molar-refractivity contribution in [2.24, 2.45) is 16.7 Å². The Morgan fingerprint density at radius 2 is 1.64 bits per heavy atom. The fourth-order valence-electron chi connectivity index (χ4n) is 3.25. The Hall–Kier alpha value is -1.19. The highest BCUT2D eigenvalue weighted by molar-refractivity contribution is 5.99. The molecule has 0 radical (unpaired) electrons. The van der Waals surface area contributed by atoms with Gasteiger partial charge in [0, 0.05) is 19.3 Å². The maximum absolute atomic E-state index is 11.5. The fraction of sp³-hybridized carbons (Fsp3) is 0.833. The Morgan fingerprint density at radius 3 is 2.05 bits per heavy atom. The number of esters is 1. The highest BCUT2D eigenvalue weighted by Crippen LogP contribution is 2.36. The van der Waals surface area contributed by atoms with Gasteiger partial charge in [0.25, 0.3) is 0 Å². The summed E-state index contributed by atoms with van der Waals surface area (Å²) in [4.78, 5) is 33.5. The molecule has 0 spiro atoms. The third-order valence-electron chi connectivity index (χ3n) is 4.62. The second-order valence-electron chi connectivity index (χ2n) is 8.15. The molecule has 0 saturated heterocycles. The zero-order chi connectivity index (χ0) is 17.0. The van der Waals surface area contributed by atoms with Crippen molar-refractivity contribution in [2.75, 3.05) is 7.11 Å². The number of carbonyl (C=O) groups is 3. The van der Waals surface area contributed by atoms with E-state index in [1.54, 1.807) is 0 Å². The smallest absolute Gasteiger partial charge is 0.316 e. The minimum atomic E-state index is -0.502. The van der Waals surface area contributed by atoms with Gasteiger partial charge >= 0.3 is 5.97 Å². The van der Waals surface area contributed by atoms with Gasteiger partial charge in [-0.1, -0.05) is 27.7 Å². The van der Waals surface area contributed by atoms with Crippen LogP contribution in [0.2, 0.25) is 0 Å². The number of hydrogen-bond donors (Lipinski definition) is 0. The van der Waals surface area contributed by atoms with Crippen LogP contribution < -0.4 is 0 Å². The zero-order valence-electron chi connectivity index (χ0n) is 14.7. The van der Waals surface area contributed by atoms with Crippen molar-refractivity contribution in [1.29, 1.82) is 0 Å². The summed E-state index contributed by atoms with van der Waals surface area (Å²) >= 11 is 0. The van der Waals surface area contributed by atoms with Crippen LogP contribution in [0.3, 0.4) is 0 Å². The predicted octanol–water partition coefficient (Wildman–Crippen LogP) is 3.71. The summed E-state index contributed by atoms with van der Waals surface area (Å²) < 4.78 is 4.57. The van der Waals surface area contributed by atoms with Crippen LogP contribution in [0.5, 0.6) is 0 Å². The second-order valence-corrected chi connectivity index (χ2v) is 8.15. The van der Waals surface area contributed by atoms with Gasteiger partial charge in [0.05, 0.1) is 7.11 Å². The van der Waals surface area contributed by atoms with Crippen molar-refractivity contribution in [2.45, 2.75) is 72.6 Å². The van der Waals surface area contributed by atoms with E-state index in [4.69, 9.17) is 0 Å². The molecule has 0 aromatic carbocycles. The van der Waals surface area contributed by atoms with Gasteiger partial charge < -0.3 is 4.74 Å². The standard InChI is InChI=1S/C10H16O3.C8H14O/c1-10(2)5-4-7(8(11)6-10)9(12)13-3;1-8(2)5-3-4-7(9)6-8/h7H,4-6H2,1-3H3;3-6H2,1-2H3. The topological polar surface area (TPSA) is 60.4 Å². The van der Waals surface area contributed by atoms with Crippen LogP contribution >= 0.6 is 0 Å². The van der Waals surface area contributed by atoms with Crippen LogP contribution in [0, 0.1) is 16.7 Å². The normalized spacial score (nSPS) is 26.7. The van der Waals surface area contributed by atoms with E-state index in [0.717, 1.165) is 25.7 Å². The third-order valence-corrected chi connectivity index (χ3v) is 4.62. The first-order valence-corrected chi connectivity index (χ1v) is 8.19. The molecular formula is C18H30O4. The Bertz CT molecular complexity index is 434. The van der Waals surface area contributed by atoms with E-state index in [-0.39, 0.29) is 17.2 Å². The van der Waals surface area contributed by atoms with Crippen LogP contribution in [-0.2, 0) is 19.1 Å². The summed E-state index contributed by atoms with van der Waals surface area (Å²) in [7, 11) is 1.33. The van der Waals surface area contributed by atoms with Crippen molar-refractivity contribution in [1.82, 2.24) is 0 Å². The predicted molar refractivity (Wildman–Crippen MR) is 85.4 cm³/mol. The van der Waals surface area contributed by atoms with Gasteiger partial charge in [0.15, 0.2) is 0 Å². The number of ether oxygens (including phenoxy) is 1. The summed E-state index contributed by atoms with van der Waals surface area (Å²) in [6.07, 6.45) is 5.99. The summed E-state index contributed by atoms with van der Waals surface area (Å²) in [5.41, 5.74) is 0.358. The molecule has 22 heavy (non-hydrogen) atoms. The third kappa shape index (κ3) is 5.90. The molecule has 1 atom stereocenters. The Morgan fingerprint density at radius 1 is 1.05 bits per heavy atom. The summed E-state index contributed by atoms with van der Waals surface area (Å²) in [5, 5.41) is 0. The molecule has 0 aromatic rings. The molecule has 2 saturated carbocycles. The molecule has 0 aliphatic heterocycles. The van der Waals surface area contributed by atoms with Crippen molar-refractivity contribution < 1.29 is 19.1 Å². The van der Waals surface area contributed by atoms with Crippen LogP contribution in [0.25, 0.3) is 0 Å². The first-order valence-electron chi connectivity index (χ1n) is 8.19. The fourth-order valence-corrected chi connectivity index (χ4v) is 3.25. The molecule has 0 bridgehead atoms. The monoisotopic (exact) mass is 310 g/mol. The molecule has 2 fully saturated rings. The average Bonchev–Trinajstić information content (AvgIpc) is 2.36. The number of ketones is 2. The number of hydrogen-bond acceptors (Lipinski definition) is 4. The second kappa shape index (κ2) is 7.38. The van der Waals surface area contributed by atoms with Crippen LogP contribution in [0.15, 0.2) is 0 Å². The van der Waals surface area contributed by atoms with E-state index in [1.165, 1.54) is 13.5 Å². The molecule has 4 nitrogen and oxygen atoms in total. The highest BCUT2D eigenvalue weighted by atomic mass is 16.5. The van der Waals surface area contributed by atoms with Crippen LogP contribution in [-0.4, -0.2) is 24.6 Å². The first kappa shape index (κ1) is 18.9. The average molecular weight is 310 g/mol. The maximum Gasteiger partial charge on any atom is 0.316 e. The quantitative estimate of drug-likeness (QED) is 0.547. The minimum Gasteiger partial charge on any atom is -0.468 e. The lowest BCUT2D eigenvalue weighted by atomic mass is 9.72. The van der Waals surface area contributed by atoms with Crippen molar-refractivity contribution in [3.05, 3.63) is 0 Å². The molecule has 0 aromatic heterocycles. The van der Waals surface area contributed by atoms with Crippen molar-refractivity contribution >= 4 is 17.5 Å². The minimum absolute atomic E-state index is 0.0306. The van der Waals surface area contributed by atoms with E-state index < -0.39 is 5.92 Å². The molecule has 2 aliphatic rings. The number of rotatable bonds is 1. The summed E-state index contributed by atoms with van der Waals surface area (Å²) in [6.45, 7) is 8.45. The van der Waals surface area contributed by atoms with Gasteiger partial charge in [-0.3, -0.25) is 14.4 Å². The van der Waals surface area contributed by atoms with Crippen molar-refractivity contribution in [3.63, 3.8) is 0 Å². The SMILES string of the molecule is CC1(C)CCCC(=O)C1.COC(=O)C1CCC(C)(C)CC1=O. The molecule has 2 rings (SSSR count). The Balaban J connectivity index is 0.000000235. The molecule has 2 aliphatic carbocycles. The highest BCUT2D eigenvalue weighted by Gasteiger charge is 2.37. The van der Waals surface area contributed by atoms with E-state index in [0.29, 0.717) is 24.0 Å².